The van der Waals surface area contributed by atoms with E-state index in [1.165, 1.54) is 12.1 Å². The molecule has 2 aliphatic rings. The largest absolute Gasteiger partial charge is 0.383 e. The Morgan fingerprint density at radius 1 is 1.08 bits per heavy atom. The average Bonchev–Trinajstić information content (AvgIpc) is 3.37. The fraction of sp³-hybridized carbons (Fsp3) is 0.481. The highest BCUT2D eigenvalue weighted by Gasteiger charge is 2.30. The molecule has 2 saturated heterocycles. The highest BCUT2D eigenvalue weighted by atomic mass is 19.1. The first-order chi connectivity index (χ1) is 17.5. The summed E-state index contributed by atoms with van der Waals surface area (Å²) >= 11 is 0. The maximum atomic E-state index is 14.1. The normalized spacial score (nSPS) is 18.5. The lowest BCUT2D eigenvalue weighted by molar-refractivity contribution is 0.122. The van der Waals surface area contributed by atoms with E-state index in [9.17, 15) is 8.78 Å². The topological polar surface area (TPSA) is 54.0 Å². The van der Waals surface area contributed by atoms with Crippen LogP contribution in [0.1, 0.15) is 30.0 Å². The number of morpholine rings is 1. The Hall–Kier alpha value is -2.88. The summed E-state index contributed by atoms with van der Waals surface area (Å²) in [4.78, 5) is 16.4. The number of ether oxygens (including phenoxy) is 2. The fourth-order valence-corrected chi connectivity index (χ4v) is 5.22. The summed E-state index contributed by atoms with van der Waals surface area (Å²) in [5.41, 5.74) is 4.41. The van der Waals surface area contributed by atoms with Crippen LogP contribution in [0.4, 0.5) is 20.3 Å². The van der Waals surface area contributed by atoms with E-state index in [1.807, 2.05) is 6.20 Å². The molecular formula is C27H33F2N5O2. The van der Waals surface area contributed by atoms with Crippen LogP contribution in [0, 0.1) is 11.6 Å². The van der Waals surface area contributed by atoms with Crippen molar-refractivity contribution in [3.05, 3.63) is 59.3 Å². The Labute approximate surface area is 210 Å². The summed E-state index contributed by atoms with van der Waals surface area (Å²) in [6.45, 7) is 5.81. The number of nitrogens with zero attached hydrogens (tertiary/aromatic N) is 5. The molecular weight excluding hydrogens is 464 g/mol. The van der Waals surface area contributed by atoms with Gasteiger partial charge < -0.3 is 19.3 Å². The lowest BCUT2D eigenvalue weighted by Crippen LogP contribution is -2.36. The standard InChI is InChI=1S/C27H33F2N5O2/c1-32(6-9-35-2)18-19-12-23(25-4-3-5-34(25)22-15-20(28)14-21(29)16-22)27-24(13-19)30-17-26(31-27)33-7-10-36-11-8-33/h12-17,25H,3-11,18H2,1-2H3. The molecule has 0 N–H and O–H groups in total. The van der Waals surface area contributed by atoms with Gasteiger partial charge in [0.1, 0.15) is 17.5 Å². The lowest BCUT2D eigenvalue weighted by Gasteiger charge is -2.30. The van der Waals surface area contributed by atoms with E-state index in [4.69, 9.17) is 19.4 Å². The van der Waals surface area contributed by atoms with Crippen LogP contribution in [0.2, 0.25) is 0 Å². The van der Waals surface area contributed by atoms with Crippen LogP contribution in [-0.2, 0) is 16.0 Å². The van der Waals surface area contributed by atoms with Crippen molar-refractivity contribution < 1.29 is 18.3 Å². The van der Waals surface area contributed by atoms with Crippen LogP contribution in [0.3, 0.4) is 0 Å². The smallest absolute Gasteiger partial charge is 0.148 e. The summed E-state index contributed by atoms with van der Waals surface area (Å²) in [5, 5.41) is 0. The number of halogens is 2. The Morgan fingerprint density at radius 3 is 2.61 bits per heavy atom. The molecule has 1 atom stereocenters. The first-order valence-electron chi connectivity index (χ1n) is 12.5. The molecule has 9 heteroatoms. The first-order valence-corrected chi connectivity index (χ1v) is 12.5. The van der Waals surface area contributed by atoms with Gasteiger partial charge in [0.2, 0.25) is 0 Å². The molecule has 7 nitrogen and oxygen atoms in total. The van der Waals surface area contributed by atoms with Crippen molar-refractivity contribution in [3.8, 4) is 0 Å². The fourth-order valence-electron chi connectivity index (χ4n) is 5.22. The summed E-state index contributed by atoms with van der Waals surface area (Å²) in [7, 11) is 3.76. The zero-order chi connectivity index (χ0) is 25.1. The van der Waals surface area contributed by atoms with Crippen LogP contribution in [0.5, 0.6) is 0 Å². The first kappa shape index (κ1) is 24.8. The van der Waals surface area contributed by atoms with Gasteiger partial charge in [0, 0.05) is 57.2 Å². The van der Waals surface area contributed by atoms with E-state index < -0.39 is 11.6 Å². The number of hydrogen-bond donors (Lipinski definition) is 0. The van der Waals surface area contributed by atoms with Crippen molar-refractivity contribution in [2.45, 2.75) is 25.4 Å². The van der Waals surface area contributed by atoms with Gasteiger partial charge in [-0.25, -0.2) is 13.8 Å². The van der Waals surface area contributed by atoms with Gasteiger partial charge in [-0.1, -0.05) is 6.07 Å². The highest BCUT2D eigenvalue weighted by molar-refractivity contribution is 5.81. The van der Waals surface area contributed by atoms with Crippen molar-refractivity contribution in [2.24, 2.45) is 0 Å². The van der Waals surface area contributed by atoms with Gasteiger partial charge >= 0.3 is 0 Å². The number of hydrogen-bond acceptors (Lipinski definition) is 7. The van der Waals surface area contributed by atoms with Crippen LogP contribution in [-0.4, -0.2) is 75.0 Å². The zero-order valence-electron chi connectivity index (χ0n) is 20.9. The van der Waals surface area contributed by atoms with E-state index in [-0.39, 0.29) is 6.04 Å². The van der Waals surface area contributed by atoms with Crippen LogP contribution >= 0.6 is 0 Å². The van der Waals surface area contributed by atoms with E-state index in [2.05, 4.69) is 33.9 Å². The molecule has 2 aromatic carbocycles. The summed E-state index contributed by atoms with van der Waals surface area (Å²) in [5.74, 6) is -0.301. The molecule has 192 valence electrons. The summed E-state index contributed by atoms with van der Waals surface area (Å²) < 4.78 is 39.0. The third kappa shape index (κ3) is 5.43. The van der Waals surface area contributed by atoms with Gasteiger partial charge in [0.25, 0.3) is 0 Å². The lowest BCUT2D eigenvalue weighted by atomic mass is 9.98. The van der Waals surface area contributed by atoms with Crippen LogP contribution in [0.25, 0.3) is 11.0 Å². The van der Waals surface area contributed by atoms with E-state index >= 15 is 0 Å². The van der Waals surface area contributed by atoms with E-state index in [1.54, 1.807) is 7.11 Å². The van der Waals surface area contributed by atoms with Crippen molar-refractivity contribution in [1.29, 1.82) is 0 Å². The van der Waals surface area contributed by atoms with E-state index in [0.717, 1.165) is 79.6 Å². The Balaban J connectivity index is 1.57. The predicted molar refractivity (Wildman–Crippen MR) is 136 cm³/mol. The Morgan fingerprint density at radius 2 is 1.86 bits per heavy atom. The third-order valence-electron chi connectivity index (χ3n) is 6.98. The molecule has 0 radical (unpaired) electrons. The molecule has 5 rings (SSSR count). The third-order valence-corrected chi connectivity index (χ3v) is 6.98. The summed E-state index contributed by atoms with van der Waals surface area (Å²) in [6.07, 6.45) is 3.64. The molecule has 0 saturated carbocycles. The van der Waals surface area contributed by atoms with Gasteiger partial charge in [-0.05, 0) is 43.7 Å². The number of fused-ring (bicyclic) bond motifs is 1. The van der Waals surface area contributed by atoms with Crippen molar-refractivity contribution in [2.75, 3.05) is 70.0 Å². The van der Waals surface area contributed by atoms with Crippen molar-refractivity contribution >= 4 is 22.5 Å². The molecule has 0 bridgehead atoms. The molecule has 3 aromatic rings. The molecule has 0 amide bonds. The molecule has 1 aromatic heterocycles. The molecule has 2 aliphatic heterocycles. The Bertz CT molecular complexity index is 1180. The highest BCUT2D eigenvalue weighted by Crippen LogP contribution is 2.40. The zero-order valence-corrected chi connectivity index (χ0v) is 20.9. The quantitative estimate of drug-likeness (QED) is 0.463. The van der Waals surface area contributed by atoms with Gasteiger partial charge in [-0.2, -0.15) is 0 Å². The number of benzene rings is 2. The predicted octanol–water partition coefficient (Wildman–Crippen LogP) is 4.16. The number of methoxy groups -OCH3 is 1. The molecule has 0 aliphatic carbocycles. The second-order valence-electron chi connectivity index (χ2n) is 9.59. The van der Waals surface area contributed by atoms with Gasteiger partial charge in [-0.15, -0.1) is 0 Å². The summed E-state index contributed by atoms with van der Waals surface area (Å²) in [6, 6.07) is 7.99. The molecule has 0 spiro atoms. The van der Waals surface area contributed by atoms with E-state index in [0.29, 0.717) is 25.5 Å². The van der Waals surface area contributed by atoms with Gasteiger partial charge in [-0.3, -0.25) is 9.88 Å². The SMILES string of the molecule is COCCN(C)Cc1cc(C2CCCN2c2cc(F)cc(F)c2)c2nc(N3CCOCC3)cnc2c1. The molecule has 36 heavy (non-hydrogen) atoms. The molecule has 2 fully saturated rings. The minimum atomic E-state index is -0.566. The van der Waals surface area contributed by atoms with Gasteiger partial charge in [0.05, 0.1) is 43.1 Å². The minimum Gasteiger partial charge on any atom is -0.383 e. The average molecular weight is 498 g/mol. The Kier molecular flexibility index (Phi) is 7.59. The molecule has 1 unspecified atom stereocenters. The number of rotatable bonds is 8. The number of aromatic nitrogens is 2. The number of likely N-dealkylation sites (N-methyl/N-ethyl adjacent to an activating group) is 1. The maximum Gasteiger partial charge on any atom is 0.148 e. The van der Waals surface area contributed by atoms with Crippen LogP contribution < -0.4 is 9.80 Å². The minimum absolute atomic E-state index is 0.0489. The van der Waals surface area contributed by atoms with Crippen molar-refractivity contribution in [3.63, 3.8) is 0 Å². The monoisotopic (exact) mass is 497 g/mol. The van der Waals surface area contributed by atoms with Crippen molar-refractivity contribution in [1.82, 2.24) is 14.9 Å². The number of anilines is 2. The van der Waals surface area contributed by atoms with Gasteiger partial charge in [0.15, 0.2) is 0 Å². The van der Waals surface area contributed by atoms with Crippen LogP contribution in [0.15, 0.2) is 36.5 Å². The molecule has 3 heterocycles. The second kappa shape index (κ2) is 11.0. The maximum absolute atomic E-state index is 14.1. The second-order valence-corrected chi connectivity index (χ2v) is 9.59.